The maximum absolute atomic E-state index is 12.2. The molecule has 0 radical (unpaired) electrons. The molecule has 0 aliphatic carbocycles. The second kappa shape index (κ2) is 6.56. The van der Waals surface area contributed by atoms with Crippen molar-refractivity contribution in [2.75, 3.05) is 0 Å². The van der Waals surface area contributed by atoms with Crippen LogP contribution in [0.3, 0.4) is 0 Å². The minimum atomic E-state index is -3.75. The van der Waals surface area contributed by atoms with Crippen molar-refractivity contribution in [3.05, 3.63) is 28.8 Å². The van der Waals surface area contributed by atoms with E-state index >= 15 is 0 Å². The summed E-state index contributed by atoms with van der Waals surface area (Å²) in [5.41, 5.74) is -0.231. The van der Waals surface area contributed by atoms with E-state index in [9.17, 15) is 13.2 Å². The fourth-order valence-electron chi connectivity index (χ4n) is 1.92. The van der Waals surface area contributed by atoms with Crippen molar-refractivity contribution in [3.8, 4) is 0 Å². The number of halogens is 1. The summed E-state index contributed by atoms with van der Waals surface area (Å²) >= 11 is 5.72. The zero-order valence-electron chi connectivity index (χ0n) is 11.6. The summed E-state index contributed by atoms with van der Waals surface area (Å²) in [6.45, 7) is 5.76. The van der Waals surface area contributed by atoms with Gasteiger partial charge in [0.15, 0.2) is 0 Å². The molecule has 1 aromatic rings. The molecule has 0 aromatic heterocycles. The molecule has 0 saturated carbocycles. The van der Waals surface area contributed by atoms with Crippen LogP contribution in [0.1, 0.15) is 37.6 Å². The van der Waals surface area contributed by atoms with Gasteiger partial charge in [-0.1, -0.05) is 25.4 Å². The molecule has 0 heterocycles. The molecule has 0 aliphatic heterocycles. The lowest BCUT2D eigenvalue weighted by Gasteiger charge is -2.16. The van der Waals surface area contributed by atoms with Crippen LogP contribution in [0, 0.1) is 5.92 Å². The molecule has 0 amide bonds. The van der Waals surface area contributed by atoms with Gasteiger partial charge in [-0.3, -0.25) is 0 Å². The molecule has 1 unspecified atom stereocenters. The summed E-state index contributed by atoms with van der Waals surface area (Å²) in [4.78, 5) is 10.9. The Kier molecular flexibility index (Phi) is 5.56. The minimum absolute atomic E-state index is 0.00618. The van der Waals surface area contributed by atoms with Crippen LogP contribution < -0.4 is 4.72 Å². The average molecular weight is 320 g/mol. The summed E-state index contributed by atoms with van der Waals surface area (Å²) < 4.78 is 26.9. The van der Waals surface area contributed by atoms with Crippen LogP contribution in [0.5, 0.6) is 0 Å². The van der Waals surface area contributed by atoms with Crippen molar-refractivity contribution >= 4 is 27.6 Å². The molecule has 7 heteroatoms. The molecule has 1 atom stereocenters. The number of hydrogen-bond donors (Lipinski definition) is 2. The molecule has 0 bridgehead atoms. The number of carboxylic acids is 1. The Balaban J connectivity index is 3.04. The maximum Gasteiger partial charge on any atom is 0.337 e. The smallest absolute Gasteiger partial charge is 0.337 e. The number of carboxylic acid groups (broad SMARTS) is 1. The number of carbonyl (C=O) groups is 1. The number of benzene rings is 1. The zero-order valence-corrected chi connectivity index (χ0v) is 13.1. The van der Waals surface area contributed by atoms with Crippen molar-refractivity contribution in [2.45, 2.75) is 38.1 Å². The number of rotatable bonds is 6. The third-order valence-corrected chi connectivity index (χ3v) is 4.58. The van der Waals surface area contributed by atoms with Gasteiger partial charge in [0.25, 0.3) is 0 Å². The second-order valence-corrected chi connectivity index (χ2v) is 7.22. The summed E-state index contributed by atoms with van der Waals surface area (Å²) in [6, 6.07) is 3.39. The van der Waals surface area contributed by atoms with Gasteiger partial charge in [0, 0.05) is 6.04 Å². The van der Waals surface area contributed by atoms with Crippen molar-refractivity contribution in [2.24, 2.45) is 5.92 Å². The highest BCUT2D eigenvalue weighted by molar-refractivity contribution is 7.89. The Morgan fingerprint density at radius 1 is 1.35 bits per heavy atom. The van der Waals surface area contributed by atoms with Gasteiger partial charge in [0.1, 0.15) is 0 Å². The third kappa shape index (κ3) is 4.47. The SMILES string of the molecule is CC(C)CC(C)NS(=O)(=O)c1ccc(Cl)c(C(=O)O)c1. The molecule has 2 N–H and O–H groups in total. The summed E-state index contributed by atoms with van der Waals surface area (Å²) in [5, 5.41) is 8.96. The lowest BCUT2D eigenvalue weighted by atomic mass is 10.1. The molecule has 5 nitrogen and oxygen atoms in total. The highest BCUT2D eigenvalue weighted by Gasteiger charge is 2.20. The molecule has 0 saturated heterocycles. The normalized spacial score (nSPS) is 13.4. The number of sulfonamides is 1. The maximum atomic E-state index is 12.2. The van der Waals surface area contributed by atoms with Crippen LogP contribution in [0.25, 0.3) is 0 Å². The Morgan fingerprint density at radius 3 is 2.45 bits per heavy atom. The molecule has 0 spiro atoms. The Labute approximate surface area is 124 Å². The second-order valence-electron chi connectivity index (χ2n) is 5.10. The Morgan fingerprint density at radius 2 is 1.95 bits per heavy atom. The lowest BCUT2D eigenvalue weighted by molar-refractivity contribution is 0.0697. The molecular formula is C13H18ClNO4S. The predicted octanol–water partition coefficient (Wildman–Crippen LogP) is 2.75. The quantitative estimate of drug-likeness (QED) is 0.844. The minimum Gasteiger partial charge on any atom is -0.478 e. The van der Waals surface area contributed by atoms with Gasteiger partial charge in [-0.25, -0.2) is 17.9 Å². The van der Waals surface area contributed by atoms with E-state index in [1.807, 2.05) is 13.8 Å². The van der Waals surface area contributed by atoms with E-state index in [2.05, 4.69) is 4.72 Å². The van der Waals surface area contributed by atoms with Crippen molar-refractivity contribution < 1.29 is 18.3 Å². The van der Waals surface area contributed by atoms with Crippen LogP contribution in [-0.4, -0.2) is 25.5 Å². The van der Waals surface area contributed by atoms with E-state index in [0.717, 1.165) is 6.07 Å². The van der Waals surface area contributed by atoms with Crippen LogP contribution in [0.4, 0.5) is 0 Å². The standard InChI is InChI=1S/C13H18ClNO4S/c1-8(2)6-9(3)15-20(18,19)10-4-5-12(14)11(7-10)13(16)17/h4-5,7-9,15H,6H2,1-3H3,(H,16,17). The van der Waals surface area contributed by atoms with Gasteiger partial charge in [-0.2, -0.15) is 0 Å². The largest absolute Gasteiger partial charge is 0.478 e. The van der Waals surface area contributed by atoms with Gasteiger partial charge in [-0.05, 0) is 37.5 Å². The van der Waals surface area contributed by atoms with Crippen LogP contribution in [0.15, 0.2) is 23.1 Å². The lowest BCUT2D eigenvalue weighted by Crippen LogP contribution is -2.33. The van der Waals surface area contributed by atoms with E-state index in [1.165, 1.54) is 12.1 Å². The first-order valence-electron chi connectivity index (χ1n) is 6.18. The molecule has 0 aliphatic rings. The molecule has 112 valence electrons. The van der Waals surface area contributed by atoms with E-state index in [0.29, 0.717) is 12.3 Å². The van der Waals surface area contributed by atoms with E-state index in [-0.39, 0.29) is 21.5 Å². The first kappa shape index (κ1) is 16.9. The number of nitrogens with one attached hydrogen (secondary N) is 1. The van der Waals surface area contributed by atoms with Gasteiger partial charge in [-0.15, -0.1) is 0 Å². The van der Waals surface area contributed by atoms with Crippen LogP contribution >= 0.6 is 11.6 Å². The summed E-state index contributed by atoms with van der Waals surface area (Å²) in [5.74, 6) is -0.908. The van der Waals surface area contributed by atoms with Gasteiger partial charge in [0.05, 0.1) is 15.5 Å². The molecule has 0 fully saturated rings. The van der Waals surface area contributed by atoms with Gasteiger partial charge >= 0.3 is 5.97 Å². The summed E-state index contributed by atoms with van der Waals surface area (Å²) in [6.07, 6.45) is 0.693. The van der Waals surface area contributed by atoms with Crippen molar-refractivity contribution in [1.82, 2.24) is 4.72 Å². The first-order valence-corrected chi connectivity index (χ1v) is 8.04. The molecule has 1 aromatic carbocycles. The van der Waals surface area contributed by atoms with Crippen LogP contribution in [0.2, 0.25) is 5.02 Å². The molecule has 1 rings (SSSR count). The number of hydrogen-bond acceptors (Lipinski definition) is 3. The summed E-state index contributed by atoms with van der Waals surface area (Å²) in [7, 11) is -3.75. The van der Waals surface area contributed by atoms with E-state index in [1.54, 1.807) is 6.92 Å². The van der Waals surface area contributed by atoms with Gasteiger partial charge < -0.3 is 5.11 Å². The fraction of sp³-hybridized carbons (Fsp3) is 0.462. The highest BCUT2D eigenvalue weighted by atomic mass is 35.5. The zero-order chi connectivity index (χ0) is 15.5. The number of aromatic carboxylic acids is 1. The van der Waals surface area contributed by atoms with Gasteiger partial charge in [0.2, 0.25) is 10.0 Å². The van der Waals surface area contributed by atoms with Crippen molar-refractivity contribution in [1.29, 1.82) is 0 Å². The Bertz CT molecular complexity index is 598. The van der Waals surface area contributed by atoms with E-state index < -0.39 is 16.0 Å². The topological polar surface area (TPSA) is 83.5 Å². The predicted molar refractivity (Wildman–Crippen MR) is 77.6 cm³/mol. The monoisotopic (exact) mass is 319 g/mol. The molecule has 20 heavy (non-hydrogen) atoms. The first-order chi connectivity index (χ1) is 9.13. The van der Waals surface area contributed by atoms with Crippen molar-refractivity contribution in [3.63, 3.8) is 0 Å². The fourth-order valence-corrected chi connectivity index (χ4v) is 3.40. The van der Waals surface area contributed by atoms with E-state index in [4.69, 9.17) is 16.7 Å². The average Bonchev–Trinajstić information content (AvgIpc) is 2.26. The Hall–Kier alpha value is -1.11. The van der Waals surface area contributed by atoms with Crippen LogP contribution in [-0.2, 0) is 10.0 Å². The molecular weight excluding hydrogens is 302 g/mol. The highest BCUT2D eigenvalue weighted by Crippen LogP contribution is 2.21. The third-order valence-electron chi connectivity index (χ3n) is 2.66.